The van der Waals surface area contributed by atoms with Crippen molar-refractivity contribution >= 4 is 28.6 Å². The normalized spacial score (nSPS) is 11.0. The molecular formula is C14H10ClN7O. The van der Waals surface area contributed by atoms with Crippen molar-refractivity contribution < 1.29 is 4.52 Å². The number of rotatable bonds is 4. The first kappa shape index (κ1) is 13.6. The molecule has 2 N–H and O–H groups in total. The highest BCUT2D eigenvalue weighted by atomic mass is 35.5. The molecule has 0 atom stereocenters. The van der Waals surface area contributed by atoms with Crippen molar-refractivity contribution in [3.63, 3.8) is 0 Å². The van der Waals surface area contributed by atoms with Crippen LogP contribution in [0.4, 0.5) is 5.82 Å². The maximum absolute atomic E-state index is 5.87. The molecule has 0 amide bonds. The van der Waals surface area contributed by atoms with Gasteiger partial charge in [-0.1, -0.05) is 16.8 Å². The van der Waals surface area contributed by atoms with E-state index in [0.717, 1.165) is 11.1 Å². The molecular weight excluding hydrogens is 318 g/mol. The number of fused-ring (bicyclic) bond motifs is 1. The molecule has 3 aromatic heterocycles. The van der Waals surface area contributed by atoms with Crippen LogP contribution in [0.3, 0.4) is 0 Å². The summed E-state index contributed by atoms with van der Waals surface area (Å²) in [5.41, 5.74) is 2.15. The molecule has 23 heavy (non-hydrogen) atoms. The van der Waals surface area contributed by atoms with E-state index in [9.17, 15) is 0 Å². The van der Waals surface area contributed by atoms with Gasteiger partial charge in [-0.05, 0) is 24.3 Å². The minimum Gasteiger partial charge on any atom is -0.359 e. The van der Waals surface area contributed by atoms with Gasteiger partial charge in [0.1, 0.15) is 11.8 Å². The molecule has 0 fully saturated rings. The van der Waals surface area contributed by atoms with Gasteiger partial charge >= 0.3 is 0 Å². The predicted molar refractivity (Wildman–Crippen MR) is 83.8 cm³/mol. The van der Waals surface area contributed by atoms with Gasteiger partial charge in [-0.3, -0.25) is 0 Å². The van der Waals surface area contributed by atoms with Crippen molar-refractivity contribution in [2.45, 2.75) is 6.54 Å². The molecule has 0 spiro atoms. The third kappa shape index (κ3) is 2.71. The number of aromatic nitrogens is 6. The zero-order valence-electron chi connectivity index (χ0n) is 11.7. The van der Waals surface area contributed by atoms with E-state index in [1.807, 2.05) is 12.1 Å². The molecule has 0 unspecified atom stereocenters. The van der Waals surface area contributed by atoms with E-state index in [0.29, 0.717) is 34.7 Å². The highest BCUT2D eigenvalue weighted by Gasteiger charge is 2.10. The zero-order chi connectivity index (χ0) is 15.6. The lowest BCUT2D eigenvalue weighted by molar-refractivity contribution is 0.384. The van der Waals surface area contributed by atoms with Crippen molar-refractivity contribution in [2.75, 3.05) is 5.32 Å². The van der Waals surface area contributed by atoms with Crippen LogP contribution in [0.5, 0.6) is 0 Å². The fourth-order valence-corrected chi connectivity index (χ4v) is 2.23. The van der Waals surface area contributed by atoms with E-state index in [-0.39, 0.29) is 0 Å². The summed E-state index contributed by atoms with van der Waals surface area (Å²) in [7, 11) is 0. The number of nitrogens with one attached hydrogen (secondary N) is 2. The summed E-state index contributed by atoms with van der Waals surface area (Å²) in [6.45, 7) is 0.339. The summed E-state index contributed by atoms with van der Waals surface area (Å²) < 4.78 is 5.24. The van der Waals surface area contributed by atoms with Gasteiger partial charge in [-0.2, -0.15) is 4.98 Å². The van der Waals surface area contributed by atoms with Gasteiger partial charge in [-0.15, -0.1) is 0 Å². The summed E-state index contributed by atoms with van der Waals surface area (Å²) in [6.07, 6.45) is 3.01. The maximum Gasteiger partial charge on any atom is 0.246 e. The van der Waals surface area contributed by atoms with Crippen molar-refractivity contribution in [2.24, 2.45) is 0 Å². The standard InChI is InChI=1S/C14H10ClN7O/c15-9-3-1-8(2-4-9)12-21-10(23-22-12)5-16-13-11-14(18-6-17-11)20-7-19-13/h1-4,6-7H,5H2,(H2,16,17,18,19,20). The van der Waals surface area contributed by atoms with E-state index in [1.165, 1.54) is 6.33 Å². The molecule has 1 aromatic carbocycles. The monoisotopic (exact) mass is 327 g/mol. The molecule has 0 aliphatic heterocycles. The van der Waals surface area contributed by atoms with E-state index < -0.39 is 0 Å². The Labute approximate surface area is 134 Å². The first-order chi connectivity index (χ1) is 11.3. The van der Waals surface area contributed by atoms with Gasteiger partial charge in [0.05, 0.1) is 12.9 Å². The summed E-state index contributed by atoms with van der Waals surface area (Å²) in [4.78, 5) is 19.6. The van der Waals surface area contributed by atoms with Gasteiger partial charge < -0.3 is 14.8 Å². The number of hydrogen-bond donors (Lipinski definition) is 2. The highest BCUT2D eigenvalue weighted by molar-refractivity contribution is 6.30. The fraction of sp³-hybridized carbons (Fsp3) is 0.0714. The molecule has 0 bridgehead atoms. The van der Waals surface area contributed by atoms with Crippen LogP contribution in [0, 0.1) is 0 Å². The second kappa shape index (κ2) is 5.65. The Bertz CT molecular complexity index is 947. The maximum atomic E-state index is 5.87. The van der Waals surface area contributed by atoms with E-state index >= 15 is 0 Å². The number of imidazole rings is 1. The largest absolute Gasteiger partial charge is 0.359 e. The number of aromatic amines is 1. The van der Waals surface area contributed by atoms with Gasteiger partial charge in [-0.25, -0.2) is 15.0 Å². The molecule has 114 valence electrons. The fourth-order valence-electron chi connectivity index (χ4n) is 2.10. The molecule has 3 heterocycles. The Morgan fingerprint density at radius 3 is 2.87 bits per heavy atom. The topological polar surface area (TPSA) is 105 Å². The first-order valence-corrected chi connectivity index (χ1v) is 7.14. The molecule has 0 saturated heterocycles. The molecule has 9 heteroatoms. The Hall–Kier alpha value is -3.00. The van der Waals surface area contributed by atoms with Crippen molar-refractivity contribution in [3.8, 4) is 11.4 Å². The van der Waals surface area contributed by atoms with Crippen molar-refractivity contribution in [3.05, 3.63) is 47.8 Å². The summed E-state index contributed by atoms with van der Waals surface area (Å²) in [5.74, 6) is 1.58. The number of H-pyrrole nitrogens is 1. The van der Waals surface area contributed by atoms with Crippen LogP contribution in [-0.2, 0) is 6.54 Å². The summed E-state index contributed by atoms with van der Waals surface area (Å²) >= 11 is 5.87. The van der Waals surface area contributed by atoms with Crippen LogP contribution in [0.1, 0.15) is 5.89 Å². The van der Waals surface area contributed by atoms with E-state index in [2.05, 4.69) is 35.4 Å². The van der Waals surface area contributed by atoms with Crippen LogP contribution < -0.4 is 5.32 Å². The zero-order valence-corrected chi connectivity index (χ0v) is 12.4. The van der Waals surface area contributed by atoms with E-state index in [4.69, 9.17) is 16.1 Å². The lowest BCUT2D eigenvalue weighted by atomic mass is 10.2. The second-order valence-corrected chi connectivity index (χ2v) is 5.13. The molecule has 0 aliphatic carbocycles. The van der Waals surface area contributed by atoms with Crippen LogP contribution in [0.25, 0.3) is 22.6 Å². The third-order valence-electron chi connectivity index (χ3n) is 3.20. The second-order valence-electron chi connectivity index (χ2n) is 4.70. The molecule has 4 rings (SSSR count). The van der Waals surface area contributed by atoms with Crippen molar-refractivity contribution in [1.82, 2.24) is 30.1 Å². The Kier molecular flexibility index (Phi) is 3.35. The van der Waals surface area contributed by atoms with Gasteiger partial charge in [0.15, 0.2) is 11.5 Å². The van der Waals surface area contributed by atoms with Gasteiger partial charge in [0, 0.05) is 10.6 Å². The summed E-state index contributed by atoms with van der Waals surface area (Å²) in [5, 5.41) is 7.74. The lowest BCUT2D eigenvalue weighted by Gasteiger charge is -2.02. The molecule has 0 radical (unpaired) electrons. The number of halogens is 1. The minimum atomic E-state index is 0.339. The number of hydrogen-bond acceptors (Lipinski definition) is 7. The lowest BCUT2D eigenvalue weighted by Crippen LogP contribution is -2.02. The van der Waals surface area contributed by atoms with Gasteiger partial charge in [0.2, 0.25) is 11.7 Å². The SMILES string of the molecule is Clc1ccc(-c2noc(CNc3ncnc4nc[nH]c34)n2)cc1. The summed E-state index contributed by atoms with van der Waals surface area (Å²) in [6, 6.07) is 7.23. The molecule has 4 aromatic rings. The van der Waals surface area contributed by atoms with E-state index in [1.54, 1.807) is 18.5 Å². The van der Waals surface area contributed by atoms with Crippen LogP contribution in [0.2, 0.25) is 5.02 Å². The Morgan fingerprint density at radius 1 is 1.13 bits per heavy atom. The molecule has 0 saturated carbocycles. The molecule has 0 aliphatic rings. The van der Waals surface area contributed by atoms with Crippen LogP contribution in [-0.4, -0.2) is 30.1 Å². The highest BCUT2D eigenvalue weighted by Crippen LogP contribution is 2.19. The minimum absolute atomic E-state index is 0.339. The average Bonchev–Trinajstić information content (AvgIpc) is 3.23. The smallest absolute Gasteiger partial charge is 0.246 e. The van der Waals surface area contributed by atoms with Crippen molar-refractivity contribution in [1.29, 1.82) is 0 Å². The number of nitrogens with zero attached hydrogens (tertiary/aromatic N) is 5. The first-order valence-electron chi connectivity index (χ1n) is 6.76. The van der Waals surface area contributed by atoms with Crippen LogP contribution >= 0.6 is 11.6 Å². The quantitative estimate of drug-likeness (QED) is 0.593. The van der Waals surface area contributed by atoms with Gasteiger partial charge in [0.25, 0.3) is 0 Å². The molecule has 8 nitrogen and oxygen atoms in total. The Morgan fingerprint density at radius 2 is 2.00 bits per heavy atom. The number of anilines is 1. The number of benzene rings is 1. The van der Waals surface area contributed by atoms with Crippen LogP contribution in [0.15, 0.2) is 41.4 Å². The predicted octanol–water partition coefficient (Wildman–Crippen LogP) is 2.67. The average molecular weight is 328 g/mol. The Balaban J connectivity index is 1.52. The third-order valence-corrected chi connectivity index (χ3v) is 3.45.